The lowest BCUT2D eigenvalue weighted by Gasteiger charge is -2.38. The Hall–Kier alpha value is -1.62. The summed E-state index contributed by atoms with van der Waals surface area (Å²) in [5.41, 5.74) is -1.26. The molecule has 0 spiro atoms. The number of amides is 1. The molecule has 7 nitrogen and oxygen atoms in total. The first kappa shape index (κ1) is 23.5. The minimum atomic E-state index is -3.52. The molecule has 3 aliphatic rings. The van der Waals surface area contributed by atoms with Gasteiger partial charge in [0, 0.05) is 49.4 Å². The molecule has 3 saturated heterocycles. The number of hydrogen-bond acceptors (Lipinski definition) is 5. The highest BCUT2D eigenvalue weighted by Crippen LogP contribution is 2.38. The molecule has 1 atom stereocenters. The predicted octanol–water partition coefficient (Wildman–Crippen LogP) is 2.09. The summed E-state index contributed by atoms with van der Waals surface area (Å²) in [4.78, 5) is 13.2. The molecule has 10 heteroatoms. The second kappa shape index (κ2) is 9.32. The van der Waals surface area contributed by atoms with Crippen molar-refractivity contribution in [1.82, 2.24) is 9.62 Å². The molecule has 1 aromatic carbocycles. The third kappa shape index (κ3) is 4.55. The van der Waals surface area contributed by atoms with E-state index in [9.17, 15) is 13.2 Å². The summed E-state index contributed by atoms with van der Waals surface area (Å²) in [7, 11) is -3.52. The zero-order valence-corrected chi connectivity index (χ0v) is 19.1. The van der Waals surface area contributed by atoms with Crippen molar-refractivity contribution in [2.45, 2.75) is 50.6 Å². The van der Waals surface area contributed by atoms with Crippen LogP contribution in [0.1, 0.15) is 43.7 Å². The highest BCUT2D eigenvalue weighted by molar-refractivity contribution is 7.89. The van der Waals surface area contributed by atoms with Crippen LogP contribution in [0.25, 0.3) is 0 Å². The van der Waals surface area contributed by atoms with Gasteiger partial charge in [-0.1, -0.05) is 0 Å². The highest BCUT2D eigenvalue weighted by Gasteiger charge is 2.44. The van der Waals surface area contributed by atoms with E-state index in [2.05, 4.69) is 5.32 Å². The third-order valence-corrected chi connectivity index (χ3v) is 8.90. The molecule has 0 unspecified atom stereocenters. The maximum absolute atomic E-state index is 15.4. The molecule has 0 aromatic heterocycles. The topological polar surface area (TPSA) is 84.9 Å². The zero-order chi connectivity index (χ0) is 22.9. The molecule has 1 amide bonds. The van der Waals surface area contributed by atoms with Crippen molar-refractivity contribution in [1.29, 1.82) is 0 Å². The fraction of sp³-hybridized carbons (Fsp3) is 0.682. The highest BCUT2D eigenvalue weighted by atomic mass is 32.2. The Balaban J connectivity index is 1.61. The van der Waals surface area contributed by atoms with Gasteiger partial charge < -0.3 is 14.8 Å². The van der Waals surface area contributed by atoms with Gasteiger partial charge in [-0.3, -0.25) is 4.79 Å². The van der Waals surface area contributed by atoms with Crippen LogP contribution in [0.5, 0.6) is 0 Å². The quantitative estimate of drug-likeness (QED) is 0.686. The van der Waals surface area contributed by atoms with E-state index in [-0.39, 0.29) is 67.3 Å². The lowest BCUT2D eigenvalue weighted by molar-refractivity contribution is -0.131. The normalized spacial score (nSPS) is 25.8. The number of rotatable bonds is 6. The van der Waals surface area contributed by atoms with Gasteiger partial charge in [0.15, 0.2) is 0 Å². The smallest absolute Gasteiger partial charge is 0.230 e. The summed E-state index contributed by atoms with van der Waals surface area (Å²) in [6, 6.07) is 1.84. The fourth-order valence-electron chi connectivity index (χ4n) is 4.74. The standard InChI is InChI=1S/C22H30F2N2O5S/c1-15-3-2-8-32(28,29)26(15)12-17-9-20(24)18(10-19(17)23)22(4-6-30-7-5-22)21(27)25-11-16-13-31-14-16/h9-10,15-16H,2-8,11-14H2,1H3,(H,25,27)/t15-/m0/s1. The molecular weight excluding hydrogens is 442 g/mol. The number of nitrogens with zero attached hydrogens (tertiary/aromatic N) is 1. The second-order valence-corrected chi connectivity index (χ2v) is 11.1. The van der Waals surface area contributed by atoms with Crippen molar-refractivity contribution >= 4 is 15.9 Å². The van der Waals surface area contributed by atoms with E-state index in [1.54, 1.807) is 6.92 Å². The van der Waals surface area contributed by atoms with Crippen LogP contribution < -0.4 is 5.32 Å². The Morgan fingerprint density at radius 1 is 1.19 bits per heavy atom. The average molecular weight is 473 g/mol. The van der Waals surface area contributed by atoms with Gasteiger partial charge in [0.25, 0.3) is 0 Å². The fourth-order valence-corrected chi connectivity index (χ4v) is 6.50. The Morgan fingerprint density at radius 3 is 2.53 bits per heavy atom. The van der Waals surface area contributed by atoms with Crippen LogP contribution in [-0.2, 0) is 36.3 Å². The lowest BCUT2D eigenvalue weighted by atomic mass is 9.72. The van der Waals surface area contributed by atoms with Crippen LogP contribution >= 0.6 is 0 Å². The third-order valence-electron chi connectivity index (χ3n) is 6.89. The van der Waals surface area contributed by atoms with Crippen molar-refractivity contribution in [3.8, 4) is 0 Å². The van der Waals surface area contributed by atoms with Crippen molar-refractivity contribution in [3.05, 3.63) is 34.9 Å². The monoisotopic (exact) mass is 472 g/mol. The molecule has 32 heavy (non-hydrogen) atoms. The number of benzene rings is 1. The van der Waals surface area contributed by atoms with Gasteiger partial charge in [-0.15, -0.1) is 0 Å². The summed E-state index contributed by atoms with van der Waals surface area (Å²) in [5, 5.41) is 2.89. The molecule has 4 rings (SSSR count). The van der Waals surface area contributed by atoms with E-state index in [4.69, 9.17) is 9.47 Å². The minimum Gasteiger partial charge on any atom is -0.381 e. The van der Waals surface area contributed by atoms with E-state index in [0.717, 1.165) is 12.1 Å². The Bertz CT molecular complexity index is 961. The summed E-state index contributed by atoms with van der Waals surface area (Å²) >= 11 is 0. The molecule has 0 aliphatic carbocycles. The average Bonchev–Trinajstić information content (AvgIpc) is 2.72. The van der Waals surface area contributed by atoms with Crippen molar-refractivity contribution in [2.24, 2.45) is 5.92 Å². The van der Waals surface area contributed by atoms with Crippen LogP contribution in [0.3, 0.4) is 0 Å². The minimum absolute atomic E-state index is 0.000964. The van der Waals surface area contributed by atoms with Crippen LogP contribution in [0.15, 0.2) is 12.1 Å². The SMILES string of the molecule is C[C@H]1CCCS(=O)(=O)N1Cc1cc(F)c(C2(C(=O)NCC3COC3)CCOCC2)cc1F. The van der Waals surface area contributed by atoms with Crippen LogP contribution in [0, 0.1) is 17.6 Å². The zero-order valence-electron chi connectivity index (χ0n) is 18.2. The first-order chi connectivity index (χ1) is 15.2. The van der Waals surface area contributed by atoms with E-state index in [0.29, 0.717) is 32.6 Å². The molecule has 1 N–H and O–H groups in total. The Kier molecular flexibility index (Phi) is 6.86. The maximum atomic E-state index is 15.4. The Morgan fingerprint density at radius 2 is 1.91 bits per heavy atom. The van der Waals surface area contributed by atoms with E-state index in [1.165, 1.54) is 4.31 Å². The predicted molar refractivity (Wildman–Crippen MR) is 113 cm³/mol. The molecule has 3 heterocycles. The van der Waals surface area contributed by atoms with Gasteiger partial charge in [-0.05, 0) is 44.7 Å². The van der Waals surface area contributed by atoms with E-state index in [1.807, 2.05) is 0 Å². The van der Waals surface area contributed by atoms with Gasteiger partial charge >= 0.3 is 0 Å². The first-order valence-corrected chi connectivity index (χ1v) is 12.8. The van der Waals surface area contributed by atoms with Gasteiger partial charge in [-0.2, -0.15) is 4.31 Å². The Labute approximate surface area is 187 Å². The van der Waals surface area contributed by atoms with Crippen LogP contribution in [0.4, 0.5) is 8.78 Å². The maximum Gasteiger partial charge on any atom is 0.230 e. The number of carbonyl (C=O) groups is 1. The molecule has 1 aromatic rings. The van der Waals surface area contributed by atoms with Gasteiger partial charge in [-0.25, -0.2) is 17.2 Å². The van der Waals surface area contributed by atoms with Crippen molar-refractivity contribution in [3.63, 3.8) is 0 Å². The number of carbonyl (C=O) groups excluding carboxylic acids is 1. The lowest BCUT2D eigenvalue weighted by Crippen LogP contribution is -2.51. The van der Waals surface area contributed by atoms with Gasteiger partial charge in [0.2, 0.25) is 15.9 Å². The van der Waals surface area contributed by atoms with Crippen molar-refractivity contribution < 1.29 is 31.5 Å². The number of ether oxygens (including phenoxy) is 2. The molecule has 3 fully saturated rings. The summed E-state index contributed by atoms with van der Waals surface area (Å²) in [6.07, 6.45) is 1.72. The van der Waals surface area contributed by atoms with Crippen LogP contribution in [-0.4, -0.2) is 63.4 Å². The number of nitrogens with one attached hydrogen (secondary N) is 1. The molecule has 3 aliphatic heterocycles. The van der Waals surface area contributed by atoms with Crippen LogP contribution in [0.2, 0.25) is 0 Å². The molecule has 0 saturated carbocycles. The second-order valence-electron chi connectivity index (χ2n) is 9.08. The van der Waals surface area contributed by atoms with E-state index < -0.39 is 27.1 Å². The number of hydrogen-bond donors (Lipinski definition) is 1. The summed E-state index contributed by atoms with van der Waals surface area (Å²) in [5.74, 6) is -1.51. The van der Waals surface area contributed by atoms with Crippen molar-refractivity contribution in [2.75, 3.05) is 38.7 Å². The first-order valence-electron chi connectivity index (χ1n) is 11.1. The molecule has 0 radical (unpaired) electrons. The summed E-state index contributed by atoms with van der Waals surface area (Å²) < 4.78 is 67.2. The number of halogens is 2. The molecule has 178 valence electrons. The van der Waals surface area contributed by atoms with E-state index >= 15 is 8.78 Å². The summed E-state index contributed by atoms with van der Waals surface area (Å²) in [6.45, 7) is 3.66. The molecular formula is C22H30F2N2O5S. The largest absolute Gasteiger partial charge is 0.381 e. The molecule has 0 bridgehead atoms. The number of sulfonamides is 1. The van der Waals surface area contributed by atoms with Gasteiger partial charge in [0.05, 0.1) is 24.4 Å². The van der Waals surface area contributed by atoms with Gasteiger partial charge in [0.1, 0.15) is 11.6 Å².